The molecule has 0 aromatic carbocycles. The zero-order valence-corrected chi connectivity index (χ0v) is 12.8. The lowest BCUT2D eigenvalue weighted by atomic mass is 9.88. The summed E-state index contributed by atoms with van der Waals surface area (Å²) in [7, 11) is 0. The van der Waals surface area contributed by atoms with Gasteiger partial charge >= 0.3 is 0 Å². The van der Waals surface area contributed by atoms with Crippen LogP contribution in [-0.2, 0) is 4.79 Å². The van der Waals surface area contributed by atoms with Gasteiger partial charge in [-0.15, -0.1) is 0 Å². The van der Waals surface area contributed by atoms with Crippen LogP contribution in [0.4, 0.5) is 0 Å². The Hall–Kier alpha value is -0.220. The highest BCUT2D eigenvalue weighted by atomic mass is 32.2. The van der Waals surface area contributed by atoms with Gasteiger partial charge < -0.3 is 11.1 Å². The van der Waals surface area contributed by atoms with Gasteiger partial charge in [0.1, 0.15) is 0 Å². The Bertz CT molecular complexity index is 263. The molecule has 1 aliphatic rings. The molecule has 1 saturated carbocycles. The standard InChI is InChI=1S/C14H28N2OS/c1-11(2)12(15)9-13(17)16-10-14(18-3)7-5-4-6-8-14/h11-12H,4-10,15H2,1-3H3,(H,16,17). The van der Waals surface area contributed by atoms with E-state index in [-0.39, 0.29) is 16.7 Å². The van der Waals surface area contributed by atoms with Crippen LogP contribution in [0.25, 0.3) is 0 Å². The van der Waals surface area contributed by atoms with Crippen LogP contribution in [0.3, 0.4) is 0 Å². The van der Waals surface area contributed by atoms with Crippen molar-refractivity contribution < 1.29 is 4.79 Å². The average molecular weight is 272 g/mol. The molecular formula is C14H28N2OS. The predicted molar refractivity (Wildman–Crippen MR) is 79.8 cm³/mol. The second kappa shape index (κ2) is 7.39. The van der Waals surface area contributed by atoms with Crippen LogP contribution in [0, 0.1) is 5.92 Å². The lowest BCUT2D eigenvalue weighted by molar-refractivity contribution is -0.121. The minimum Gasteiger partial charge on any atom is -0.355 e. The zero-order chi connectivity index (χ0) is 13.6. The van der Waals surface area contributed by atoms with Gasteiger partial charge in [0.15, 0.2) is 0 Å². The molecule has 0 radical (unpaired) electrons. The van der Waals surface area contributed by atoms with Crippen molar-refractivity contribution in [3.63, 3.8) is 0 Å². The van der Waals surface area contributed by atoms with Crippen molar-refractivity contribution in [1.29, 1.82) is 0 Å². The first-order chi connectivity index (χ1) is 8.49. The van der Waals surface area contributed by atoms with E-state index in [4.69, 9.17) is 5.73 Å². The lowest BCUT2D eigenvalue weighted by Gasteiger charge is -2.36. The minimum atomic E-state index is -0.0263. The molecule has 0 spiro atoms. The van der Waals surface area contributed by atoms with Gasteiger partial charge in [0.05, 0.1) is 0 Å². The van der Waals surface area contributed by atoms with Crippen LogP contribution in [0.1, 0.15) is 52.4 Å². The minimum absolute atomic E-state index is 0.0263. The zero-order valence-electron chi connectivity index (χ0n) is 12.0. The molecule has 1 rings (SSSR count). The van der Waals surface area contributed by atoms with E-state index in [2.05, 4.69) is 25.4 Å². The molecule has 0 aromatic rings. The normalized spacial score (nSPS) is 20.7. The molecule has 1 aliphatic carbocycles. The number of carbonyl (C=O) groups is 1. The third-order valence-corrected chi connectivity index (χ3v) is 5.50. The van der Waals surface area contributed by atoms with Gasteiger partial charge in [-0.05, 0) is 25.0 Å². The molecule has 0 heterocycles. The van der Waals surface area contributed by atoms with Crippen molar-refractivity contribution in [2.75, 3.05) is 12.8 Å². The first-order valence-electron chi connectivity index (χ1n) is 7.06. The summed E-state index contributed by atoms with van der Waals surface area (Å²) in [4.78, 5) is 11.9. The van der Waals surface area contributed by atoms with E-state index in [0.29, 0.717) is 12.3 Å². The van der Waals surface area contributed by atoms with E-state index in [9.17, 15) is 4.79 Å². The van der Waals surface area contributed by atoms with Gasteiger partial charge in [-0.2, -0.15) is 11.8 Å². The van der Waals surface area contributed by atoms with E-state index in [1.165, 1.54) is 32.1 Å². The van der Waals surface area contributed by atoms with E-state index in [1.807, 2.05) is 11.8 Å². The number of nitrogens with one attached hydrogen (secondary N) is 1. The fourth-order valence-electron chi connectivity index (χ4n) is 2.43. The molecule has 18 heavy (non-hydrogen) atoms. The molecule has 106 valence electrons. The summed E-state index contributed by atoms with van der Waals surface area (Å²) in [6.45, 7) is 4.92. The van der Waals surface area contributed by atoms with Gasteiger partial charge in [0.2, 0.25) is 5.91 Å². The fourth-order valence-corrected chi connectivity index (χ4v) is 3.34. The third kappa shape index (κ3) is 4.81. The summed E-state index contributed by atoms with van der Waals surface area (Å²) in [5.41, 5.74) is 5.93. The Morgan fingerprint density at radius 1 is 1.33 bits per heavy atom. The van der Waals surface area contributed by atoms with Crippen molar-refractivity contribution >= 4 is 17.7 Å². The van der Waals surface area contributed by atoms with Crippen LogP contribution >= 0.6 is 11.8 Å². The topological polar surface area (TPSA) is 55.1 Å². The maximum atomic E-state index is 11.9. The molecular weight excluding hydrogens is 244 g/mol. The van der Waals surface area contributed by atoms with Gasteiger partial charge in [-0.25, -0.2) is 0 Å². The third-order valence-electron chi connectivity index (χ3n) is 4.08. The first kappa shape index (κ1) is 15.8. The molecule has 3 N–H and O–H groups in total. The van der Waals surface area contributed by atoms with Crippen LogP contribution in [0.5, 0.6) is 0 Å². The van der Waals surface area contributed by atoms with Gasteiger partial charge in [0.25, 0.3) is 0 Å². The summed E-state index contributed by atoms with van der Waals surface area (Å²) in [5, 5.41) is 3.09. The maximum absolute atomic E-state index is 11.9. The summed E-state index contributed by atoms with van der Waals surface area (Å²) in [6, 6.07) is -0.0263. The van der Waals surface area contributed by atoms with Crippen molar-refractivity contribution in [2.24, 2.45) is 11.7 Å². The Kier molecular flexibility index (Phi) is 6.50. The van der Waals surface area contributed by atoms with E-state index in [0.717, 1.165) is 6.54 Å². The lowest BCUT2D eigenvalue weighted by Crippen LogP contribution is -2.43. The number of nitrogens with two attached hydrogens (primary N) is 1. The monoisotopic (exact) mass is 272 g/mol. The quantitative estimate of drug-likeness (QED) is 0.781. The summed E-state index contributed by atoms with van der Waals surface area (Å²) in [5.74, 6) is 0.468. The number of thioether (sulfide) groups is 1. The number of rotatable bonds is 6. The molecule has 3 nitrogen and oxygen atoms in total. The first-order valence-corrected chi connectivity index (χ1v) is 8.29. The van der Waals surface area contributed by atoms with Crippen molar-refractivity contribution in [3.8, 4) is 0 Å². The Balaban J connectivity index is 2.36. The molecule has 1 unspecified atom stereocenters. The van der Waals surface area contributed by atoms with Crippen molar-refractivity contribution in [2.45, 2.75) is 63.2 Å². The van der Waals surface area contributed by atoms with Crippen LogP contribution in [0.2, 0.25) is 0 Å². The summed E-state index contributed by atoms with van der Waals surface area (Å²) >= 11 is 1.91. The molecule has 0 saturated heterocycles. The number of hydrogen-bond donors (Lipinski definition) is 2. The van der Waals surface area contributed by atoms with Gasteiger partial charge in [-0.1, -0.05) is 33.1 Å². The number of carbonyl (C=O) groups excluding carboxylic acids is 1. The highest BCUT2D eigenvalue weighted by Crippen LogP contribution is 2.37. The van der Waals surface area contributed by atoms with Crippen LogP contribution < -0.4 is 11.1 Å². The van der Waals surface area contributed by atoms with Crippen LogP contribution in [-0.4, -0.2) is 29.5 Å². The molecule has 0 aromatic heterocycles. The Morgan fingerprint density at radius 2 is 1.94 bits per heavy atom. The molecule has 0 aliphatic heterocycles. The molecule has 4 heteroatoms. The van der Waals surface area contributed by atoms with E-state index in [1.54, 1.807) is 0 Å². The average Bonchev–Trinajstić information content (AvgIpc) is 2.37. The summed E-state index contributed by atoms with van der Waals surface area (Å²) < 4.78 is 0.274. The second-order valence-corrected chi connectivity index (χ2v) is 7.11. The predicted octanol–water partition coefficient (Wildman–Crippen LogP) is 2.54. The number of hydrogen-bond acceptors (Lipinski definition) is 3. The van der Waals surface area contributed by atoms with Gasteiger partial charge in [0, 0.05) is 23.8 Å². The highest BCUT2D eigenvalue weighted by Gasteiger charge is 2.31. The van der Waals surface area contributed by atoms with Crippen molar-refractivity contribution in [1.82, 2.24) is 5.32 Å². The van der Waals surface area contributed by atoms with Crippen LogP contribution in [0.15, 0.2) is 0 Å². The fraction of sp³-hybridized carbons (Fsp3) is 0.929. The smallest absolute Gasteiger partial charge is 0.221 e. The molecule has 1 amide bonds. The Labute approximate surface area is 116 Å². The van der Waals surface area contributed by atoms with E-state index >= 15 is 0 Å². The summed E-state index contributed by atoms with van der Waals surface area (Å²) in [6.07, 6.45) is 8.99. The molecule has 1 atom stereocenters. The Morgan fingerprint density at radius 3 is 2.44 bits per heavy atom. The van der Waals surface area contributed by atoms with E-state index < -0.39 is 0 Å². The SMILES string of the molecule is CSC1(CNC(=O)CC(N)C(C)C)CCCCC1. The highest BCUT2D eigenvalue weighted by molar-refractivity contribution is 8.00. The second-order valence-electron chi connectivity index (χ2n) is 5.84. The maximum Gasteiger partial charge on any atom is 0.221 e. The largest absolute Gasteiger partial charge is 0.355 e. The van der Waals surface area contributed by atoms with Crippen molar-refractivity contribution in [3.05, 3.63) is 0 Å². The molecule has 1 fully saturated rings. The van der Waals surface area contributed by atoms with Gasteiger partial charge in [-0.3, -0.25) is 4.79 Å². The molecule has 0 bridgehead atoms. The number of amides is 1.